The van der Waals surface area contributed by atoms with Crippen molar-refractivity contribution < 1.29 is 23.8 Å². The molecule has 1 rings (SSSR count). The molecule has 0 radical (unpaired) electrons. The van der Waals surface area contributed by atoms with Gasteiger partial charge in [0.05, 0.1) is 19.3 Å². The van der Waals surface area contributed by atoms with Crippen LogP contribution in [0.25, 0.3) is 0 Å². The number of allylic oxidation sites excluding steroid dienone is 1. The van der Waals surface area contributed by atoms with E-state index < -0.39 is 11.9 Å². The van der Waals surface area contributed by atoms with Crippen LogP contribution in [-0.4, -0.2) is 38.4 Å². The number of ether oxygens (including phenoxy) is 3. The highest BCUT2D eigenvalue weighted by Crippen LogP contribution is 2.11. The number of epoxide rings is 1. The molecule has 1 fully saturated rings. The number of esters is 2. The van der Waals surface area contributed by atoms with E-state index in [0.717, 1.165) is 0 Å². The number of rotatable bonds is 5. The minimum absolute atomic E-state index is 0.0357. The van der Waals surface area contributed by atoms with Crippen LogP contribution in [-0.2, 0) is 23.8 Å². The summed E-state index contributed by atoms with van der Waals surface area (Å²) < 4.78 is 14.5. The average molecular weight is 240 g/mol. The molecule has 1 aliphatic rings. The summed E-state index contributed by atoms with van der Waals surface area (Å²) in [5.74, 6) is -0.936. The molecule has 1 heterocycles. The summed E-state index contributed by atoms with van der Waals surface area (Å²) in [5, 5.41) is 0. The molecule has 0 aromatic rings. The molecule has 1 saturated heterocycles. The Labute approximate surface area is 100 Å². The molecule has 0 aliphatic carbocycles. The molecule has 17 heavy (non-hydrogen) atoms. The summed E-state index contributed by atoms with van der Waals surface area (Å²) in [6.07, 6.45) is 3.06. The van der Waals surface area contributed by atoms with E-state index in [1.165, 1.54) is 13.2 Å². The molecular weight excluding hydrogens is 224 g/mol. The van der Waals surface area contributed by atoms with Crippen LogP contribution in [0.3, 0.4) is 0 Å². The molecule has 94 valence electrons. The lowest BCUT2D eigenvalue weighted by atomic mass is 10.1. The summed E-state index contributed by atoms with van der Waals surface area (Å²) in [6, 6.07) is 0. The highest BCUT2D eigenvalue weighted by atomic mass is 16.6. The van der Waals surface area contributed by atoms with Crippen molar-refractivity contribution in [1.29, 1.82) is 0 Å². The van der Waals surface area contributed by atoms with Gasteiger partial charge in [0.2, 0.25) is 0 Å². The largest absolute Gasteiger partial charge is 0.465 e. The first-order valence-electron chi connectivity index (χ1n) is 5.30. The van der Waals surface area contributed by atoms with Crippen LogP contribution >= 0.6 is 0 Å². The lowest BCUT2D eigenvalue weighted by molar-refractivity contribution is -0.139. The number of carbonyl (C=O) groups is 2. The highest BCUT2D eigenvalue weighted by Gasteiger charge is 2.24. The van der Waals surface area contributed by atoms with Crippen LogP contribution in [0.2, 0.25) is 0 Å². The van der Waals surface area contributed by atoms with Crippen molar-refractivity contribution in [2.45, 2.75) is 20.0 Å². The van der Waals surface area contributed by atoms with Crippen LogP contribution in [0.5, 0.6) is 0 Å². The zero-order valence-electron chi connectivity index (χ0n) is 10.2. The highest BCUT2D eigenvalue weighted by molar-refractivity contribution is 5.95. The maximum Gasteiger partial charge on any atom is 0.337 e. The molecular formula is C12H16O5. The average Bonchev–Trinajstić information content (AvgIpc) is 3.15. The summed E-state index contributed by atoms with van der Waals surface area (Å²) in [7, 11) is 1.29. The third-order valence-electron chi connectivity index (χ3n) is 2.23. The fraction of sp³-hybridized carbons (Fsp3) is 0.500. The molecule has 1 aliphatic heterocycles. The molecule has 0 aromatic carbocycles. The molecule has 0 spiro atoms. The Kier molecular flexibility index (Phi) is 4.90. The second kappa shape index (κ2) is 6.20. The van der Waals surface area contributed by atoms with Gasteiger partial charge in [-0.2, -0.15) is 0 Å². The van der Waals surface area contributed by atoms with Gasteiger partial charge in [-0.15, -0.1) is 0 Å². The van der Waals surface area contributed by atoms with E-state index in [0.29, 0.717) is 17.8 Å². The Morgan fingerprint density at radius 2 is 2.06 bits per heavy atom. The normalized spacial score (nSPS) is 19.8. The Morgan fingerprint density at radius 1 is 1.41 bits per heavy atom. The summed E-state index contributed by atoms with van der Waals surface area (Å²) in [6.45, 7) is 4.17. The van der Waals surface area contributed by atoms with Gasteiger partial charge in [0.1, 0.15) is 12.7 Å². The Bertz CT molecular complexity index is 363. The molecule has 5 nitrogen and oxygen atoms in total. The standard InChI is InChI=1S/C12H16O5/c1-4-9(12(14)15-3)5-8(2)11(13)17-7-10-6-16-10/h4-5,10H,6-7H2,1-3H3/b8-5+,9-4+. The van der Waals surface area contributed by atoms with E-state index in [9.17, 15) is 9.59 Å². The Hall–Kier alpha value is -1.62. The van der Waals surface area contributed by atoms with Gasteiger partial charge in [0, 0.05) is 5.57 Å². The first-order valence-corrected chi connectivity index (χ1v) is 5.30. The van der Waals surface area contributed by atoms with Crippen LogP contribution < -0.4 is 0 Å². The van der Waals surface area contributed by atoms with Crippen LogP contribution in [0, 0.1) is 0 Å². The third kappa shape index (κ3) is 4.40. The SMILES string of the molecule is C/C=C(\C=C(/C)C(=O)OCC1CO1)C(=O)OC. The minimum Gasteiger partial charge on any atom is -0.465 e. The van der Waals surface area contributed by atoms with Gasteiger partial charge in [-0.25, -0.2) is 9.59 Å². The summed E-state index contributed by atoms with van der Waals surface area (Å²) in [5.41, 5.74) is 0.675. The van der Waals surface area contributed by atoms with Gasteiger partial charge in [-0.05, 0) is 19.9 Å². The van der Waals surface area contributed by atoms with Crippen molar-refractivity contribution in [2.75, 3.05) is 20.3 Å². The molecule has 0 bridgehead atoms. The lowest BCUT2D eigenvalue weighted by Crippen LogP contribution is -2.12. The van der Waals surface area contributed by atoms with E-state index in [4.69, 9.17) is 9.47 Å². The maximum absolute atomic E-state index is 11.5. The maximum atomic E-state index is 11.5. The van der Waals surface area contributed by atoms with E-state index in [2.05, 4.69) is 4.74 Å². The number of methoxy groups -OCH3 is 1. The van der Waals surface area contributed by atoms with Crippen molar-refractivity contribution in [3.8, 4) is 0 Å². The summed E-state index contributed by atoms with van der Waals surface area (Å²) >= 11 is 0. The second-order valence-electron chi connectivity index (χ2n) is 3.62. The van der Waals surface area contributed by atoms with Gasteiger partial charge >= 0.3 is 11.9 Å². The minimum atomic E-state index is -0.481. The van der Waals surface area contributed by atoms with Crippen LogP contribution in [0.4, 0.5) is 0 Å². The van der Waals surface area contributed by atoms with Gasteiger partial charge in [-0.1, -0.05) is 6.08 Å². The zero-order chi connectivity index (χ0) is 12.8. The van der Waals surface area contributed by atoms with Gasteiger partial charge in [-0.3, -0.25) is 0 Å². The van der Waals surface area contributed by atoms with Crippen LogP contribution in [0.15, 0.2) is 23.3 Å². The molecule has 0 saturated carbocycles. The van der Waals surface area contributed by atoms with E-state index in [-0.39, 0.29) is 12.7 Å². The lowest BCUT2D eigenvalue weighted by Gasteiger charge is -2.04. The van der Waals surface area contributed by atoms with Crippen molar-refractivity contribution in [3.05, 3.63) is 23.3 Å². The molecule has 5 heteroatoms. The fourth-order valence-electron chi connectivity index (χ4n) is 1.12. The molecule has 0 N–H and O–H groups in total. The first kappa shape index (κ1) is 13.4. The van der Waals surface area contributed by atoms with E-state index in [1.54, 1.807) is 19.9 Å². The summed E-state index contributed by atoms with van der Waals surface area (Å²) in [4.78, 5) is 22.8. The van der Waals surface area contributed by atoms with Gasteiger partial charge < -0.3 is 14.2 Å². The van der Waals surface area contributed by atoms with Gasteiger partial charge in [0.15, 0.2) is 0 Å². The second-order valence-corrected chi connectivity index (χ2v) is 3.62. The quantitative estimate of drug-likeness (QED) is 0.310. The van der Waals surface area contributed by atoms with Crippen LogP contribution in [0.1, 0.15) is 13.8 Å². The fourth-order valence-corrected chi connectivity index (χ4v) is 1.12. The number of hydrogen-bond donors (Lipinski definition) is 0. The molecule has 1 atom stereocenters. The Morgan fingerprint density at radius 3 is 2.53 bits per heavy atom. The molecule has 0 aromatic heterocycles. The monoisotopic (exact) mass is 240 g/mol. The van der Waals surface area contributed by atoms with Crippen molar-refractivity contribution in [2.24, 2.45) is 0 Å². The number of carbonyl (C=O) groups excluding carboxylic acids is 2. The topological polar surface area (TPSA) is 65.1 Å². The van der Waals surface area contributed by atoms with Gasteiger partial charge in [0.25, 0.3) is 0 Å². The van der Waals surface area contributed by atoms with E-state index in [1.807, 2.05) is 0 Å². The van der Waals surface area contributed by atoms with E-state index >= 15 is 0 Å². The first-order chi connectivity index (χ1) is 8.08. The Balaban J connectivity index is 2.55. The van der Waals surface area contributed by atoms with Crippen molar-refractivity contribution in [1.82, 2.24) is 0 Å². The molecule has 0 amide bonds. The predicted molar refractivity (Wildman–Crippen MR) is 60.2 cm³/mol. The number of hydrogen-bond acceptors (Lipinski definition) is 5. The predicted octanol–water partition coefficient (Wildman–Crippen LogP) is 0.994. The van der Waals surface area contributed by atoms with Crippen molar-refractivity contribution >= 4 is 11.9 Å². The van der Waals surface area contributed by atoms with Crippen molar-refractivity contribution in [3.63, 3.8) is 0 Å². The zero-order valence-corrected chi connectivity index (χ0v) is 10.2. The molecule has 1 unspecified atom stereocenters. The smallest absolute Gasteiger partial charge is 0.337 e. The third-order valence-corrected chi connectivity index (χ3v) is 2.23.